The summed E-state index contributed by atoms with van der Waals surface area (Å²) in [7, 11) is -1.59. The molecule has 0 aliphatic carbocycles. The highest BCUT2D eigenvalue weighted by atomic mass is 28.3. The van der Waals surface area contributed by atoms with Crippen LogP contribution in [-0.2, 0) is 20.9 Å². The van der Waals surface area contributed by atoms with Gasteiger partial charge in [-0.1, -0.05) is 50.0 Å². The van der Waals surface area contributed by atoms with E-state index in [1.807, 2.05) is 30.3 Å². The Kier molecular flexibility index (Phi) is 8.27. The fourth-order valence-corrected chi connectivity index (χ4v) is 2.73. The highest BCUT2D eigenvalue weighted by molar-refractivity contribution is 6.84. The van der Waals surface area contributed by atoms with Crippen LogP contribution >= 0.6 is 0 Å². The number of carbonyl (C=O) groups is 3. The number of hydrogen-bond acceptors (Lipinski definition) is 3. The molecule has 1 amide bonds. The summed E-state index contributed by atoms with van der Waals surface area (Å²) in [4.78, 5) is 37.0. The molecule has 1 atom stereocenters. The minimum atomic E-state index is -1.59. The Morgan fingerprint density at radius 2 is 1.73 bits per heavy atom. The first kappa shape index (κ1) is 21.6. The van der Waals surface area contributed by atoms with Crippen LogP contribution in [0.2, 0.25) is 19.6 Å². The van der Waals surface area contributed by atoms with Gasteiger partial charge in [0.15, 0.2) is 0 Å². The lowest BCUT2D eigenvalue weighted by atomic mass is 10.1. The summed E-state index contributed by atoms with van der Waals surface area (Å²) >= 11 is 0. The van der Waals surface area contributed by atoms with Gasteiger partial charge < -0.3 is 10.0 Å². The number of carbonyl (C=O) groups excluding carboxylic acids is 2. The topological polar surface area (TPSA) is 74.7 Å². The monoisotopic (exact) mass is 373 g/mol. The number of aliphatic carboxylic acids is 1. The first-order valence-corrected chi connectivity index (χ1v) is 12.2. The van der Waals surface area contributed by atoms with Crippen LogP contribution in [0.4, 0.5) is 0 Å². The number of amides is 1. The molecule has 0 aliphatic heterocycles. The Morgan fingerprint density at radius 1 is 1.12 bits per heavy atom. The maximum Gasteiger partial charge on any atom is 0.326 e. The Bertz CT molecular complexity index is 698. The summed E-state index contributed by atoms with van der Waals surface area (Å²) in [5.74, 6) is 1.18. The molecule has 1 rings (SSSR count). The summed E-state index contributed by atoms with van der Waals surface area (Å²) in [6.07, 6.45) is 0.713. The van der Waals surface area contributed by atoms with Gasteiger partial charge in [0.1, 0.15) is 14.1 Å². The maximum absolute atomic E-state index is 12.5. The second-order valence-electron chi connectivity index (χ2n) is 7.30. The van der Waals surface area contributed by atoms with Crippen LogP contribution < -0.4 is 0 Å². The first-order chi connectivity index (χ1) is 12.1. The second-order valence-corrected chi connectivity index (χ2v) is 12.0. The second kappa shape index (κ2) is 9.93. The van der Waals surface area contributed by atoms with Crippen molar-refractivity contribution in [2.75, 3.05) is 0 Å². The van der Waals surface area contributed by atoms with E-state index in [1.165, 1.54) is 11.8 Å². The molecule has 0 spiro atoms. The van der Waals surface area contributed by atoms with Gasteiger partial charge in [0.05, 0.1) is 0 Å². The molecule has 1 aromatic rings. The van der Waals surface area contributed by atoms with E-state index in [1.54, 1.807) is 0 Å². The third-order valence-electron chi connectivity index (χ3n) is 3.71. The van der Waals surface area contributed by atoms with E-state index in [0.29, 0.717) is 6.42 Å². The number of carboxylic acid groups (broad SMARTS) is 1. The van der Waals surface area contributed by atoms with E-state index in [2.05, 4.69) is 31.1 Å². The summed E-state index contributed by atoms with van der Waals surface area (Å²) < 4.78 is 0. The number of Topliss-reactive ketones (excluding diaryl/α,β-unsaturated/α-hetero) is 1. The molecule has 6 heteroatoms. The van der Waals surface area contributed by atoms with E-state index in [0.717, 1.165) is 5.56 Å². The van der Waals surface area contributed by atoms with E-state index in [4.69, 9.17) is 0 Å². The van der Waals surface area contributed by atoms with Crippen molar-refractivity contribution in [3.63, 3.8) is 0 Å². The largest absolute Gasteiger partial charge is 0.480 e. The summed E-state index contributed by atoms with van der Waals surface area (Å²) in [5.41, 5.74) is 3.88. The van der Waals surface area contributed by atoms with E-state index < -0.39 is 20.1 Å². The van der Waals surface area contributed by atoms with Crippen molar-refractivity contribution in [3.8, 4) is 11.5 Å². The molecule has 0 unspecified atom stereocenters. The molecule has 5 nitrogen and oxygen atoms in total. The van der Waals surface area contributed by atoms with Gasteiger partial charge in [-0.2, -0.15) is 0 Å². The average Bonchev–Trinajstić information content (AvgIpc) is 2.57. The van der Waals surface area contributed by atoms with E-state index >= 15 is 0 Å². The van der Waals surface area contributed by atoms with Crippen molar-refractivity contribution in [1.82, 2.24) is 4.90 Å². The number of rotatable bonds is 8. The molecule has 0 radical (unpaired) electrons. The Labute approximate surface area is 156 Å². The lowest BCUT2D eigenvalue weighted by molar-refractivity contribution is -0.150. The van der Waals surface area contributed by atoms with Crippen LogP contribution in [0.3, 0.4) is 0 Å². The lowest BCUT2D eigenvalue weighted by Crippen LogP contribution is -2.42. The molecular weight excluding hydrogens is 346 g/mol. The minimum Gasteiger partial charge on any atom is -0.480 e. The zero-order valence-corrected chi connectivity index (χ0v) is 16.9. The fraction of sp³-hybridized carbons (Fsp3) is 0.450. The molecule has 26 heavy (non-hydrogen) atoms. The standard InChI is InChI=1S/C20H27NO4Si/c1-16(20(24)25)21(15-17-9-6-5-7-10-17)19(23)12-8-11-18(22)13-14-26(2,3)4/h5-7,9-10,16H,8,11-12,15H2,1-4H3,(H,24,25)/t16-/m0/s1. The third-order valence-corrected chi connectivity index (χ3v) is 4.59. The van der Waals surface area contributed by atoms with Gasteiger partial charge in [0.25, 0.3) is 0 Å². The number of benzene rings is 1. The van der Waals surface area contributed by atoms with Crippen LogP contribution in [0.25, 0.3) is 0 Å². The predicted molar refractivity (Wildman–Crippen MR) is 104 cm³/mol. The molecule has 0 saturated carbocycles. The van der Waals surface area contributed by atoms with E-state index in [9.17, 15) is 19.5 Å². The lowest BCUT2D eigenvalue weighted by Gasteiger charge is -2.26. The van der Waals surface area contributed by atoms with E-state index in [-0.39, 0.29) is 31.1 Å². The van der Waals surface area contributed by atoms with Crippen molar-refractivity contribution in [3.05, 3.63) is 35.9 Å². The number of nitrogens with zero attached hydrogens (tertiary/aromatic N) is 1. The average molecular weight is 374 g/mol. The SMILES string of the molecule is C[C@@H](C(=O)O)N(Cc1ccccc1)C(=O)CCCC(=O)C#C[Si](C)(C)C. The van der Waals surface area contributed by atoms with Gasteiger partial charge in [0, 0.05) is 19.4 Å². The van der Waals surface area contributed by atoms with Crippen molar-refractivity contribution < 1.29 is 19.5 Å². The molecule has 0 aromatic heterocycles. The predicted octanol–water partition coefficient (Wildman–Crippen LogP) is 3.11. The Balaban J connectivity index is 2.67. The van der Waals surface area contributed by atoms with Crippen LogP contribution in [0.15, 0.2) is 30.3 Å². The summed E-state index contributed by atoms with van der Waals surface area (Å²) in [6.45, 7) is 7.91. The van der Waals surface area contributed by atoms with Crippen molar-refractivity contribution >= 4 is 25.7 Å². The third kappa shape index (κ3) is 8.12. The molecule has 1 N–H and O–H groups in total. The normalized spacial score (nSPS) is 11.8. The van der Waals surface area contributed by atoms with Gasteiger partial charge >= 0.3 is 5.97 Å². The zero-order chi connectivity index (χ0) is 19.7. The summed E-state index contributed by atoms with van der Waals surface area (Å²) in [6, 6.07) is 8.33. The van der Waals surface area contributed by atoms with Crippen molar-refractivity contribution in [2.45, 2.75) is 58.4 Å². The van der Waals surface area contributed by atoms with Crippen LogP contribution in [0.5, 0.6) is 0 Å². The van der Waals surface area contributed by atoms with Crippen LogP contribution in [-0.4, -0.2) is 41.8 Å². The van der Waals surface area contributed by atoms with Crippen molar-refractivity contribution in [2.24, 2.45) is 0 Å². The Morgan fingerprint density at radius 3 is 2.27 bits per heavy atom. The summed E-state index contributed by atoms with van der Waals surface area (Å²) in [5, 5.41) is 9.28. The molecule has 0 heterocycles. The quantitative estimate of drug-likeness (QED) is 0.561. The Hall–Kier alpha value is -2.39. The molecule has 0 saturated heterocycles. The van der Waals surface area contributed by atoms with Gasteiger partial charge in [-0.25, -0.2) is 4.79 Å². The molecule has 0 aliphatic rings. The van der Waals surface area contributed by atoms with Gasteiger partial charge in [-0.3, -0.25) is 9.59 Å². The van der Waals surface area contributed by atoms with Crippen LogP contribution in [0, 0.1) is 11.5 Å². The zero-order valence-electron chi connectivity index (χ0n) is 15.9. The van der Waals surface area contributed by atoms with Crippen LogP contribution in [0.1, 0.15) is 31.7 Å². The molecule has 1 aromatic carbocycles. The first-order valence-electron chi connectivity index (χ1n) is 8.72. The highest BCUT2D eigenvalue weighted by Crippen LogP contribution is 2.12. The smallest absolute Gasteiger partial charge is 0.326 e. The molecule has 0 fully saturated rings. The fourth-order valence-electron chi connectivity index (χ4n) is 2.22. The number of carboxylic acids is 1. The minimum absolute atomic E-state index is 0.130. The molecule has 0 bridgehead atoms. The molecule has 140 valence electrons. The number of hydrogen-bond donors (Lipinski definition) is 1. The van der Waals surface area contributed by atoms with Gasteiger partial charge in [0.2, 0.25) is 11.7 Å². The molecular formula is C20H27NO4Si. The number of ketones is 1. The van der Waals surface area contributed by atoms with Gasteiger partial charge in [-0.05, 0) is 24.8 Å². The maximum atomic E-state index is 12.5. The van der Waals surface area contributed by atoms with Crippen molar-refractivity contribution in [1.29, 1.82) is 0 Å². The highest BCUT2D eigenvalue weighted by Gasteiger charge is 2.25. The van der Waals surface area contributed by atoms with Gasteiger partial charge in [-0.15, -0.1) is 5.54 Å².